The van der Waals surface area contributed by atoms with Crippen LogP contribution >= 0.6 is 11.6 Å². The molecule has 1 saturated heterocycles. The maximum Gasteiger partial charge on any atom is 0.409 e. The van der Waals surface area contributed by atoms with Gasteiger partial charge >= 0.3 is 6.09 Å². The van der Waals surface area contributed by atoms with Crippen molar-refractivity contribution in [2.24, 2.45) is 0 Å². The first-order chi connectivity index (χ1) is 14.6. The van der Waals surface area contributed by atoms with Gasteiger partial charge in [-0.05, 0) is 74.4 Å². The van der Waals surface area contributed by atoms with Gasteiger partial charge in [-0.2, -0.15) is 0 Å². The number of benzene rings is 1. The van der Waals surface area contributed by atoms with Crippen LogP contribution in [-0.4, -0.2) is 47.4 Å². The molecule has 1 aromatic carbocycles. The van der Waals surface area contributed by atoms with Crippen LogP contribution in [0.2, 0.25) is 5.02 Å². The Morgan fingerprint density at radius 1 is 1.13 bits per heavy atom. The standard InChI is InChI=1S/C22H23ClN2O2.C2H6O/c1-2-27-22(26)25-12-9-15(10-13-25)20-19-8-7-18(23)14-17(19)6-5-16-4-3-11-24-21(16)20;1-2-3/h3-4,7-8,11,14H,2,5-6,9-10,12-13H2,1H3;3H,2H2,1H3. The van der Waals surface area contributed by atoms with Crippen LogP contribution < -0.4 is 0 Å². The summed E-state index contributed by atoms with van der Waals surface area (Å²) in [4.78, 5) is 18.6. The van der Waals surface area contributed by atoms with E-state index in [-0.39, 0.29) is 12.7 Å². The highest BCUT2D eigenvalue weighted by Gasteiger charge is 2.26. The summed E-state index contributed by atoms with van der Waals surface area (Å²) < 4.78 is 5.15. The fourth-order valence-electron chi connectivity index (χ4n) is 4.06. The monoisotopic (exact) mass is 428 g/mol. The molecule has 1 aliphatic carbocycles. The average molecular weight is 429 g/mol. The average Bonchev–Trinajstić information content (AvgIpc) is 2.91. The van der Waals surface area contributed by atoms with Gasteiger partial charge in [-0.15, -0.1) is 0 Å². The number of carbonyl (C=O) groups is 1. The van der Waals surface area contributed by atoms with E-state index in [9.17, 15) is 4.79 Å². The van der Waals surface area contributed by atoms with Gasteiger partial charge in [-0.25, -0.2) is 4.79 Å². The zero-order chi connectivity index (χ0) is 21.5. The number of amides is 1. The van der Waals surface area contributed by atoms with Crippen molar-refractivity contribution in [2.45, 2.75) is 39.5 Å². The lowest BCUT2D eigenvalue weighted by Gasteiger charge is -2.29. The first-order valence-corrected chi connectivity index (χ1v) is 10.9. The number of ether oxygens (including phenoxy) is 1. The highest BCUT2D eigenvalue weighted by Crippen LogP contribution is 2.38. The maximum absolute atomic E-state index is 12.0. The highest BCUT2D eigenvalue weighted by molar-refractivity contribution is 6.30. The fourth-order valence-corrected chi connectivity index (χ4v) is 4.25. The summed E-state index contributed by atoms with van der Waals surface area (Å²) in [6, 6.07) is 10.3. The quantitative estimate of drug-likeness (QED) is 0.702. The Morgan fingerprint density at radius 2 is 1.83 bits per heavy atom. The van der Waals surface area contributed by atoms with Gasteiger partial charge in [-0.1, -0.05) is 29.3 Å². The fraction of sp³-hybridized carbons (Fsp3) is 0.417. The first-order valence-electron chi connectivity index (χ1n) is 10.6. The molecule has 1 aromatic heterocycles. The van der Waals surface area contributed by atoms with Gasteiger partial charge in [0.1, 0.15) is 0 Å². The molecule has 2 aliphatic rings. The molecule has 0 spiro atoms. The lowest BCUT2D eigenvalue weighted by Crippen LogP contribution is -2.37. The molecule has 0 saturated carbocycles. The van der Waals surface area contributed by atoms with Gasteiger partial charge in [0, 0.05) is 36.5 Å². The van der Waals surface area contributed by atoms with Crippen LogP contribution in [0.25, 0.3) is 5.57 Å². The summed E-state index contributed by atoms with van der Waals surface area (Å²) in [6.07, 6.45) is 5.25. The lowest BCUT2D eigenvalue weighted by atomic mass is 9.88. The molecule has 30 heavy (non-hydrogen) atoms. The van der Waals surface area contributed by atoms with Crippen LogP contribution in [-0.2, 0) is 17.6 Å². The second-order valence-electron chi connectivity index (χ2n) is 7.29. The third kappa shape index (κ3) is 5.02. The lowest BCUT2D eigenvalue weighted by molar-refractivity contribution is 0.104. The minimum absolute atomic E-state index is 0.215. The smallest absolute Gasteiger partial charge is 0.409 e. The Hall–Kier alpha value is -2.37. The summed E-state index contributed by atoms with van der Waals surface area (Å²) >= 11 is 6.27. The number of aromatic nitrogens is 1. The first kappa shape index (κ1) is 22.3. The maximum atomic E-state index is 12.0. The molecule has 0 atom stereocenters. The van der Waals surface area contributed by atoms with E-state index in [1.165, 1.54) is 27.8 Å². The van der Waals surface area contributed by atoms with Crippen molar-refractivity contribution in [3.63, 3.8) is 0 Å². The number of nitrogens with zero attached hydrogens (tertiary/aromatic N) is 2. The number of halogens is 1. The molecule has 0 bridgehead atoms. The van der Waals surface area contributed by atoms with Gasteiger partial charge in [0.05, 0.1) is 12.3 Å². The number of aliphatic hydroxyl groups excluding tert-OH is 1. The Morgan fingerprint density at radius 3 is 2.53 bits per heavy atom. The Labute approximate surface area is 183 Å². The number of pyridine rings is 1. The molecule has 2 heterocycles. The molecule has 1 N–H and O–H groups in total. The number of rotatable bonds is 1. The van der Waals surface area contributed by atoms with Crippen LogP contribution in [0.5, 0.6) is 0 Å². The van der Waals surface area contributed by atoms with Crippen molar-refractivity contribution in [3.05, 3.63) is 69.5 Å². The predicted molar refractivity (Wildman–Crippen MR) is 120 cm³/mol. The van der Waals surface area contributed by atoms with E-state index >= 15 is 0 Å². The highest BCUT2D eigenvalue weighted by atomic mass is 35.5. The number of aliphatic hydroxyl groups is 1. The van der Waals surface area contributed by atoms with E-state index < -0.39 is 0 Å². The van der Waals surface area contributed by atoms with Crippen LogP contribution in [0.1, 0.15) is 49.1 Å². The van der Waals surface area contributed by atoms with Crippen LogP contribution in [0.3, 0.4) is 0 Å². The van der Waals surface area contributed by atoms with Crippen LogP contribution in [0, 0.1) is 0 Å². The van der Waals surface area contributed by atoms with E-state index in [0.29, 0.717) is 19.7 Å². The van der Waals surface area contributed by atoms with Crippen molar-refractivity contribution in [1.82, 2.24) is 9.88 Å². The third-order valence-corrected chi connectivity index (χ3v) is 5.61. The van der Waals surface area contributed by atoms with E-state index in [0.717, 1.165) is 36.4 Å². The molecule has 4 rings (SSSR count). The van der Waals surface area contributed by atoms with Crippen molar-refractivity contribution in [3.8, 4) is 0 Å². The zero-order valence-corrected chi connectivity index (χ0v) is 18.4. The molecule has 1 aliphatic heterocycles. The number of piperidine rings is 1. The van der Waals surface area contributed by atoms with Crippen LogP contribution in [0.4, 0.5) is 4.79 Å². The van der Waals surface area contributed by atoms with E-state index in [1.807, 2.05) is 25.3 Å². The van der Waals surface area contributed by atoms with Crippen molar-refractivity contribution >= 4 is 23.3 Å². The summed E-state index contributed by atoms with van der Waals surface area (Å²) in [7, 11) is 0. The number of hydrogen-bond donors (Lipinski definition) is 1. The normalized spacial score (nSPS) is 15.4. The number of hydrogen-bond acceptors (Lipinski definition) is 4. The molecule has 1 amide bonds. The van der Waals surface area contributed by atoms with Crippen molar-refractivity contribution in [1.29, 1.82) is 0 Å². The second-order valence-corrected chi connectivity index (χ2v) is 7.73. The SMILES string of the molecule is CCO.CCOC(=O)N1CCC(=C2c3ccc(Cl)cc3CCc3cccnc32)CC1. The third-order valence-electron chi connectivity index (χ3n) is 5.37. The van der Waals surface area contributed by atoms with Gasteiger partial charge in [0.25, 0.3) is 0 Å². The molecule has 0 radical (unpaired) electrons. The predicted octanol–water partition coefficient (Wildman–Crippen LogP) is 4.89. The molecule has 0 unspecified atom stereocenters. The Kier molecular flexibility index (Phi) is 7.88. The van der Waals surface area contributed by atoms with E-state index in [1.54, 1.807) is 11.8 Å². The van der Waals surface area contributed by atoms with E-state index in [2.05, 4.69) is 18.2 Å². The van der Waals surface area contributed by atoms with Gasteiger partial charge in [-0.3, -0.25) is 4.98 Å². The molecule has 5 nitrogen and oxygen atoms in total. The molecule has 6 heteroatoms. The second kappa shape index (κ2) is 10.6. The Balaban J connectivity index is 0.000000806. The van der Waals surface area contributed by atoms with Gasteiger partial charge in [0.2, 0.25) is 0 Å². The van der Waals surface area contributed by atoms with Gasteiger partial charge in [0.15, 0.2) is 0 Å². The molecule has 2 aromatic rings. The summed E-state index contributed by atoms with van der Waals surface area (Å²) in [5.74, 6) is 0. The molecular weight excluding hydrogens is 400 g/mol. The molecule has 1 fully saturated rings. The topological polar surface area (TPSA) is 62.7 Å². The minimum Gasteiger partial charge on any atom is -0.450 e. The summed E-state index contributed by atoms with van der Waals surface area (Å²) in [5, 5.41) is 8.34. The summed E-state index contributed by atoms with van der Waals surface area (Å²) in [5.41, 5.74) is 7.46. The Bertz CT molecular complexity index is 916. The van der Waals surface area contributed by atoms with E-state index in [4.69, 9.17) is 26.4 Å². The molecule has 160 valence electrons. The number of fused-ring (bicyclic) bond motifs is 2. The van der Waals surface area contributed by atoms with Crippen molar-refractivity contribution in [2.75, 3.05) is 26.3 Å². The van der Waals surface area contributed by atoms with Crippen LogP contribution in [0.15, 0.2) is 42.1 Å². The molecular formula is C24H29ClN2O3. The summed E-state index contributed by atoms with van der Waals surface area (Å²) in [6.45, 7) is 5.55. The zero-order valence-electron chi connectivity index (χ0n) is 17.7. The van der Waals surface area contributed by atoms with Gasteiger partial charge < -0.3 is 14.7 Å². The number of likely N-dealkylation sites (tertiary alicyclic amines) is 1. The largest absolute Gasteiger partial charge is 0.450 e. The number of carbonyl (C=O) groups excluding carboxylic acids is 1. The van der Waals surface area contributed by atoms with Crippen molar-refractivity contribution < 1.29 is 14.6 Å². The number of aryl methyl sites for hydroxylation is 2. The minimum atomic E-state index is -0.215.